The number of primary amides is 1. The fraction of sp³-hybridized carbons (Fsp3) is 0.310. The van der Waals surface area contributed by atoms with Crippen LogP contribution in [0.15, 0.2) is 48.5 Å². The summed E-state index contributed by atoms with van der Waals surface area (Å²) in [5.74, 6) is -3.74. The van der Waals surface area contributed by atoms with Gasteiger partial charge in [0.15, 0.2) is 0 Å². The predicted molar refractivity (Wildman–Crippen MR) is 156 cm³/mol. The van der Waals surface area contributed by atoms with Gasteiger partial charge in [0, 0.05) is 22.7 Å². The van der Waals surface area contributed by atoms with Crippen molar-refractivity contribution in [2.75, 3.05) is 5.32 Å². The molecule has 41 heavy (non-hydrogen) atoms. The fourth-order valence-corrected chi connectivity index (χ4v) is 6.68. The molecule has 1 aromatic heterocycles. The number of benzene rings is 2. The molecule has 1 unspecified atom stereocenters. The molecule has 1 fully saturated rings. The molecular weight excluding hydrogens is 590 g/mol. The lowest BCUT2D eigenvalue weighted by Gasteiger charge is -2.37. The first kappa shape index (κ1) is 30.5. The van der Waals surface area contributed by atoms with Crippen molar-refractivity contribution in [2.45, 2.75) is 50.6 Å². The van der Waals surface area contributed by atoms with E-state index in [1.54, 1.807) is 36.4 Å². The lowest BCUT2D eigenvalue weighted by molar-refractivity contribution is -0.139. The molecule has 1 spiro atoms. The summed E-state index contributed by atoms with van der Waals surface area (Å²) in [5, 5.41) is 24.8. The van der Waals surface area contributed by atoms with Crippen LogP contribution in [0.1, 0.15) is 58.8 Å². The van der Waals surface area contributed by atoms with Gasteiger partial charge in [-0.15, -0.1) is 11.3 Å². The second-order valence-electron chi connectivity index (χ2n) is 11.1. The number of carbonyl (C=O) groups excluding carboxylic acids is 2. The Hall–Kier alpha value is -3.49. The summed E-state index contributed by atoms with van der Waals surface area (Å²) in [4.78, 5) is 37.4. The number of rotatable bonds is 4. The van der Waals surface area contributed by atoms with E-state index in [1.807, 2.05) is 26.8 Å². The summed E-state index contributed by atoms with van der Waals surface area (Å²) in [6, 6.07) is 12.8. The van der Waals surface area contributed by atoms with Crippen molar-refractivity contribution in [2.24, 2.45) is 11.1 Å². The van der Waals surface area contributed by atoms with Crippen molar-refractivity contribution in [1.82, 2.24) is 5.32 Å². The molecule has 1 saturated heterocycles. The molecule has 2 aliphatic heterocycles. The molecule has 3 heterocycles. The van der Waals surface area contributed by atoms with Crippen LogP contribution in [0.5, 0.6) is 0 Å². The molecule has 8 nitrogen and oxygen atoms in total. The van der Waals surface area contributed by atoms with Gasteiger partial charge in [0.1, 0.15) is 28.2 Å². The van der Waals surface area contributed by atoms with E-state index in [1.165, 1.54) is 12.1 Å². The maximum Gasteiger partial charge on any atom is 0.321 e. The first-order valence-electron chi connectivity index (χ1n) is 12.5. The second-order valence-corrected chi connectivity index (χ2v) is 13.0. The van der Waals surface area contributed by atoms with Gasteiger partial charge in [-0.05, 0) is 53.3 Å². The normalized spacial score (nSPS) is 22.9. The molecule has 4 atom stereocenters. The van der Waals surface area contributed by atoms with E-state index < -0.39 is 41.1 Å². The smallest absolute Gasteiger partial charge is 0.321 e. The quantitative estimate of drug-likeness (QED) is 0.296. The maximum absolute atomic E-state index is 15.3. The van der Waals surface area contributed by atoms with E-state index in [2.05, 4.69) is 10.6 Å². The number of carboxylic acids is 1. The Kier molecular flexibility index (Phi) is 8.48. The zero-order valence-corrected chi connectivity index (χ0v) is 24.6. The molecule has 2 amide bonds. The highest BCUT2D eigenvalue weighted by Crippen LogP contribution is 2.57. The molecule has 214 valence electrons. The molecule has 2 aromatic carbocycles. The second kappa shape index (κ2) is 11.4. The Morgan fingerprint density at radius 3 is 2.46 bits per heavy atom. The van der Waals surface area contributed by atoms with E-state index in [-0.39, 0.29) is 21.9 Å². The van der Waals surface area contributed by atoms with Crippen LogP contribution in [0.25, 0.3) is 0 Å². The lowest BCUT2D eigenvalue weighted by Crippen LogP contribution is -2.49. The van der Waals surface area contributed by atoms with Gasteiger partial charge < -0.3 is 16.2 Å². The Labute approximate surface area is 250 Å². The van der Waals surface area contributed by atoms with Crippen molar-refractivity contribution in [1.29, 1.82) is 5.26 Å². The van der Waals surface area contributed by atoms with Gasteiger partial charge in [-0.1, -0.05) is 62.2 Å². The Morgan fingerprint density at radius 1 is 1.20 bits per heavy atom. The molecule has 0 radical (unpaired) electrons. The van der Waals surface area contributed by atoms with Gasteiger partial charge in [0.2, 0.25) is 5.91 Å². The monoisotopic (exact) mass is 616 g/mol. The van der Waals surface area contributed by atoms with E-state index >= 15 is 4.39 Å². The van der Waals surface area contributed by atoms with Crippen molar-refractivity contribution in [3.8, 4) is 6.07 Å². The molecule has 5 rings (SSSR count). The molecule has 2 aliphatic rings. The number of halogens is 3. The largest absolute Gasteiger partial charge is 0.480 e. The van der Waals surface area contributed by atoms with Gasteiger partial charge in [-0.3, -0.25) is 19.7 Å². The molecule has 0 saturated carbocycles. The molecule has 0 aliphatic carbocycles. The van der Waals surface area contributed by atoms with Crippen LogP contribution in [0.3, 0.4) is 0 Å². The van der Waals surface area contributed by atoms with Crippen molar-refractivity contribution >= 4 is 58.0 Å². The number of hydrogen-bond acceptors (Lipinski definition) is 6. The van der Waals surface area contributed by atoms with Crippen LogP contribution in [0.4, 0.5) is 10.1 Å². The maximum atomic E-state index is 15.3. The fourth-order valence-electron chi connectivity index (χ4n) is 5.67. The number of thiophene rings is 1. The van der Waals surface area contributed by atoms with Crippen molar-refractivity contribution in [3.05, 3.63) is 85.3 Å². The van der Waals surface area contributed by atoms with Crippen molar-refractivity contribution < 1.29 is 23.9 Å². The van der Waals surface area contributed by atoms with Crippen LogP contribution < -0.4 is 16.4 Å². The number of nitrogens with zero attached hydrogens (tertiary/aromatic N) is 1. The third-order valence-electron chi connectivity index (χ3n) is 7.16. The summed E-state index contributed by atoms with van der Waals surface area (Å²) in [5.41, 5.74) is 4.58. The average molecular weight is 618 g/mol. The Morgan fingerprint density at radius 2 is 1.90 bits per heavy atom. The number of aliphatic carboxylic acids is 1. The number of fused-ring (bicyclic) bond motifs is 2. The predicted octanol–water partition coefficient (Wildman–Crippen LogP) is 5.69. The van der Waals surface area contributed by atoms with E-state index in [0.717, 1.165) is 11.3 Å². The number of nitrogens with one attached hydrogen (secondary N) is 2. The summed E-state index contributed by atoms with van der Waals surface area (Å²) in [7, 11) is 0. The number of nitriles is 1. The molecule has 5 N–H and O–H groups in total. The first-order valence-corrected chi connectivity index (χ1v) is 14.1. The highest BCUT2D eigenvalue weighted by Gasteiger charge is 2.66. The van der Waals surface area contributed by atoms with Crippen LogP contribution in [0.2, 0.25) is 10.0 Å². The number of amides is 2. The summed E-state index contributed by atoms with van der Waals surface area (Å²) < 4.78 is 15.3. The van der Waals surface area contributed by atoms with Crippen LogP contribution >= 0.6 is 34.5 Å². The minimum atomic E-state index is -1.35. The summed E-state index contributed by atoms with van der Waals surface area (Å²) in [6.07, 6.45) is 0.491. The molecule has 12 heteroatoms. The summed E-state index contributed by atoms with van der Waals surface area (Å²) >= 11 is 13.3. The van der Waals surface area contributed by atoms with Crippen LogP contribution in [-0.4, -0.2) is 35.0 Å². The van der Waals surface area contributed by atoms with Gasteiger partial charge >= 0.3 is 5.97 Å². The summed E-state index contributed by atoms with van der Waals surface area (Å²) in [6.45, 7) is 6.04. The lowest BCUT2D eigenvalue weighted by atomic mass is 9.62. The number of carbonyl (C=O) groups is 3. The minimum Gasteiger partial charge on any atom is -0.480 e. The van der Waals surface area contributed by atoms with Gasteiger partial charge in [0.05, 0.1) is 9.90 Å². The van der Waals surface area contributed by atoms with E-state index in [9.17, 15) is 19.5 Å². The number of nitrogens with two attached hydrogens (primary N) is 1. The zero-order chi connectivity index (χ0) is 30.3. The molecule has 0 bridgehead atoms. The van der Waals surface area contributed by atoms with E-state index in [0.29, 0.717) is 32.4 Å². The highest BCUT2D eigenvalue weighted by atomic mass is 35.5. The van der Waals surface area contributed by atoms with E-state index in [4.69, 9.17) is 34.2 Å². The SMILES string of the molecule is CC(C)(C)C[C@@H]1N[C@@H](C(=O)O)[C@@H](c2cccc(Cl)c2F)C12C(=O)Nc1cc(Cl)ccc12.N#Cc1ccc(C(N)=O)s1. The third kappa shape index (κ3) is 5.68. The Balaban J connectivity index is 0.000000328. The zero-order valence-electron chi connectivity index (χ0n) is 22.3. The number of carboxylic acid groups (broad SMARTS) is 1. The van der Waals surface area contributed by atoms with Gasteiger partial charge in [-0.2, -0.15) is 5.26 Å². The average Bonchev–Trinajstić information content (AvgIpc) is 3.56. The Bertz CT molecular complexity index is 1580. The topological polar surface area (TPSA) is 145 Å². The van der Waals surface area contributed by atoms with Crippen molar-refractivity contribution in [3.63, 3.8) is 0 Å². The van der Waals surface area contributed by atoms with Crippen LogP contribution in [-0.2, 0) is 15.0 Å². The standard InChI is InChI=1S/C23H23Cl2FN2O3.C6H4N2OS/c1-22(2,3)10-16-23(13-8-7-11(24)9-15(13)27-21(23)31)17(19(28-16)20(29)30)12-5-4-6-14(25)18(12)26;7-3-4-1-2-5(10-4)6(8)9/h4-9,16-17,19,28H,10H2,1-3H3,(H,27,31)(H,29,30);1-2H,(H2,8,9)/t16-,17+,19+,23?;/m0./s1. The van der Waals surface area contributed by atoms with Crippen LogP contribution in [0, 0.1) is 22.6 Å². The highest BCUT2D eigenvalue weighted by molar-refractivity contribution is 7.14. The molecular formula is C29H27Cl2FN4O4S. The molecule has 3 aromatic rings. The third-order valence-corrected chi connectivity index (χ3v) is 8.70. The van der Waals surface area contributed by atoms with Gasteiger partial charge in [0.25, 0.3) is 5.91 Å². The number of hydrogen-bond donors (Lipinski definition) is 4. The minimum absolute atomic E-state index is 0.0989. The first-order chi connectivity index (χ1) is 19.2. The van der Waals surface area contributed by atoms with Gasteiger partial charge in [-0.25, -0.2) is 4.39 Å². The number of anilines is 1.